The molecule has 4 rings (SSSR count). The smallest absolute Gasteiger partial charge is 0.353 e. The Morgan fingerprint density at radius 2 is 2.18 bits per heavy atom. The molecule has 1 atom stereocenters. The summed E-state index contributed by atoms with van der Waals surface area (Å²) in [4.78, 5) is 46.7. The number of β-lactam (4-membered cyclic amide) rings is 1. The quantitative estimate of drug-likeness (QED) is 0.143. The third kappa shape index (κ3) is 4.63. The number of rotatable bonds is 9. The summed E-state index contributed by atoms with van der Waals surface area (Å²) in [6, 6.07) is 5.41. The number of hydrogen-bond acceptors (Lipinski definition) is 10. The number of nitrogens with zero attached hydrogens (tertiary/aromatic N) is 5. The molecule has 176 valence electrons. The van der Waals surface area contributed by atoms with Crippen molar-refractivity contribution in [1.29, 1.82) is 0 Å². The fourth-order valence-electron chi connectivity index (χ4n) is 3.50. The van der Waals surface area contributed by atoms with E-state index in [0.29, 0.717) is 0 Å². The number of carbonyl (C=O) groups excluding carboxylic acids is 2. The van der Waals surface area contributed by atoms with E-state index in [1.54, 1.807) is 29.1 Å². The van der Waals surface area contributed by atoms with Crippen molar-refractivity contribution < 1.29 is 28.9 Å². The van der Waals surface area contributed by atoms with Crippen LogP contribution in [0.15, 0.2) is 59.7 Å². The van der Waals surface area contributed by atoms with Crippen LogP contribution in [0, 0.1) is 0 Å². The minimum absolute atomic E-state index is 0.0944. The molecule has 4 N–H and O–H groups in total. The third-order valence-electron chi connectivity index (χ3n) is 4.83. The number of nitrogen functional groups attached to an aromatic ring is 1. The molecule has 12 nitrogen and oxygen atoms in total. The summed E-state index contributed by atoms with van der Waals surface area (Å²) in [5.41, 5.74) is 5.56. The fraction of sp³-hybridized carbons (Fsp3) is 0.250. The second kappa shape index (κ2) is 9.61. The van der Waals surface area contributed by atoms with Crippen molar-refractivity contribution >= 4 is 51.3 Å². The molecule has 2 aliphatic rings. The van der Waals surface area contributed by atoms with Gasteiger partial charge in [-0.15, -0.1) is 0 Å². The number of carboxylic acid groups (broad SMARTS) is 1. The summed E-state index contributed by atoms with van der Waals surface area (Å²) in [7, 11) is 0. The number of anilines is 1. The first kappa shape index (κ1) is 23.4. The molecule has 2 aromatic rings. The number of thioether (sulfide) groups is 1. The number of carboxylic acids is 1. The zero-order valence-electron chi connectivity index (χ0n) is 17.7. The predicted molar refractivity (Wildman–Crippen MR) is 123 cm³/mol. The van der Waals surface area contributed by atoms with Gasteiger partial charge in [-0.05, 0) is 0 Å². The largest absolute Gasteiger partial charge is 0.477 e. The average Bonchev–Trinajstić information content (AvgIpc) is 3.19. The Morgan fingerprint density at radius 3 is 2.79 bits per heavy atom. The Hall–Kier alpha value is -3.78. The van der Waals surface area contributed by atoms with Crippen LogP contribution < -0.4 is 15.6 Å². The molecule has 1 fully saturated rings. The lowest BCUT2D eigenvalue weighted by Crippen LogP contribution is -2.72. The molecule has 0 spiro atoms. The van der Waals surface area contributed by atoms with Crippen LogP contribution in [0.5, 0.6) is 0 Å². The molecule has 0 saturated carbocycles. The van der Waals surface area contributed by atoms with Crippen molar-refractivity contribution in [3.05, 3.63) is 60.3 Å². The molecule has 0 aromatic carbocycles. The standard InChI is InChI=1S/C20H19N7O5S2/c1-2-8-32-24-17-12(11-26-6-4-3-5-7-26)16(18(30)31)27-15(29)10-20(27,33-17)23-14(28)9-13-22-19(21)34-25-13/h2-7H,1,8-11H2,(H3-,21,22,23,25,28,30,31)/p+1/t20-/m0/s1. The number of aromatic nitrogens is 3. The summed E-state index contributed by atoms with van der Waals surface area (Å²) in [5.74, 6) is -2.04. The summed E-state index contributed by atoms with van der Waals surface area (Å²) < 4.78 is 5.73. The van der Waals surface area contributed by atoms with Gasteiger partial charge in [0, 0.05) is 23.7 Å². The Morgan fingerprint density at radius 1 is 1.41 bits per heavy atom. The second-order valence-corrected chi connectivity index (χ2v) is 9.28. The Bertz CT molecular complexity index is 1210. The van der Waals surface area contributed by atoms with Gasteiger partial charge < -0.3 is 21.0 Å². The summed E-state index contributed by atoms with van der Waals surface area (Å²) in [6.45, 7) is 3.78. The predicted octanol–water partition coefficient (Wildman–Crippen LogP) is 0.254. The number of fused-ring (bicyclic) bond motifs is 1. The van der Waals surface area contributed by atoms with Crippen molar-refractivity contribution in [2.75, 3.05) is 12.3 Å². The van der Waals surface area contributed by atoms with Gasteiger partial charge in [0.2, 0.25) is 11.8 Å². The van der Waals surface area contributed by atoms with Crippen molar-refractivity contribution in [3.63, 3.8) is 0 Å². The average molecular weight is 503 g/mol. The van der Waals surface area contributed by atoms with Gasteiger partial charge in [0.25, 0.3) is 0 Å². The van der Waals surface area contributed by atoms with Crippen molar-refractivity contribution in [2.45, 2.75) is 24.4 Å². The molecular weight excluding hydrogens is 482 g/mol. The van der Waals surface area contributed by atoms with Gasteiger partial charge in [-0.3, -0.25) is 14.5 Å². The number of amides is 2. The van der Waals surface area contributed by atoms with Crippen LogP contribution in [0.25, 0.3) is 0 Å². The molecular formula is C20H20N7O5S2+. The van der Waals surface area contributed by atoms with E-state index in [-0.39, 0.29) is 53.3 Å². The molecule has 0 unspecified atom stereocenters. The molecule has 1 saturated heterocycles. The van der Waals surface area contributed by atoms with E-state index in [2.05, 4.69) is 26.4 Å². The zero-order valence-corrected chi connectivity index (χ0v) is 19.3. The van der Waals surface area contributed by atoms with E-state index in [1.165, 1.54) is 6.08 Å². The maximum absolute atomic E-state index is 12.8. The highest BCUT2D eigenvalue weighted by Crippen LogP contribution is 2.49. The zero-order chi connectivity index (χ0) is 24.3. The van der Waals surface area contributed by atoms with E-state index in [1.807, 2.05) is 6.07 Å². The Balaban J connectivity index is 1.71. The van der Waals surface area contributed by atoms with Crippen LogP contribution in [0.2, 0.25) is 0 Å². The second-order valence-electron chi connectivity index (χ2n) is 7.23. The first-order valence-electron chi connectivity index (χ1n) is 9.96. The minimum atomic E-state index is -1.37. The molecule has 2 aromatic heterocycles. The van der Waals surface area contributed by atoms with Crippen LogP contribution >= 0.6 is 23.3 Å². The number of oxime groups is 1. The molecule has 2 aliphatic heterocycles. The van der Waals surface area contributed by atoms with Crippen LogP contribution in [-0.4, -0.2) is 53.8 Å². The van der Waals surface area contributed by atoms with Gasteiger partial charge in [0.05, 0.1) is 18.4 Å². The number of nitrogens with one attached hydrogen (secondary N) is 1. The van der Waals surface area contributed by atoms with Crippen LogP contribution in [-0.2, 0) is 32.2 Å². The molecule has 34 heavy (non-hydrogen) atoms. The lowest BCUT2D eigenvalue weighted by atomic mass is 10.0. The lowest BCUT2D eigenvalue weighted by molar-refractivity contribution is -0.688. The van der Waals surface area contributed by atoms with Gasteiger partial charge in [-0.25, -0.2) is 14.3 Å². The van der Waals surface area contributed by atoms with Crippen LogP contribution in [0.1, 0.15) is 12.2 Å². The first-order valence-corrected chi connectivity index (χ1v) is 11.5. The van der Waals surface area contributed by atoms with Gasteiger partial charge in [0.15, 0.2) is 39.9 Å². The van der Waals surface area contributed by atoms with E-state index in [4.69, 9.17) is 10.6 Å². The normalized spacial score (nSPS) is 20.5. The monoisotopic (exact) mass is 502 g/mol. The number of aliphatic carboxylic acids is 1. The number of hydrogen-bond donors (Lipinski definition) is 3. The lowest BCUT2D eigenvalue weighted by Gasteiger charge is -2.53. The minimum Gasteiger partial charge on any atom is -0.477 e. The highest BCUT2D eigenvalue weighted by atomic mass is 32.2. The molecule has 0 bridgehead atoms. The van der Waals surface area contributed by atoms with E-state index >= 15 is 0 Å². The molecule has 0 radical (unpaired) electrons. The highest BCUT2D eigenvalue weighted by molar-refractivity contribution is 8.15. The highest BCUT2D eigenvalue weighted by Gasteiger charge is 2.60. The van der Waals surface area contributed by atoms with Crippen LogP contribution in [0.4, 0.5) is 5.13 Å². The topological polar surface area (TPSA) is 164 Å². The van der Waals surface area contributed by atoms with Gasteiger partial charge >= 0.3 is 5.97 Å². The van der Waals surface area contributed by atoms with E-state index in [9.17, 15) is 19.5 Å². The Labute approximate surface area is 202 Å². The van der Waals surface area contributed by atoms with Gasteiger partial charge in [0.1, 0.15) is 12.3 Å². The van der Waals surface area contributed by atoms with Gasteiger partial charge in [-0.2, -0.15) is 4.37 Å². The van der Waals surface area contributed by atoms with E-state index in [0.717, 1.165) is 28.2 Å². The SMILES string of the molecule is C=CCON=C1S[C@]2(NC(=O)Cc3nsc(N)n3)CC(=O)N2C(C(=O)O)=C1C[n+]1ccccc1. The van der Waals surface area contributed by atoms with Gasteiger partial charge in [-0.1, -0.05) is 35.6 Å². The Kier molecular flexibility index (Phi) is 6.61. The van der Waals surface area contributed by atoms with Crippen LogP contribution in [0.3, 0.4) is 0 Å². The number of carbonyl (C=O) groups is 3. The third-order valence-corrected chi connectivity index (χ3v) is 6.69. The fourth-order valence-corrected chi connectivity index (χ4v) is 5.29. The number of pyridine rings is 1. The summed E-state index contributed by atoms with van der Waals surface area (Å²) in [6.07, 6.45) is 4.70. The maximum Gasteiger partial charge on any atom is 0.353 e. The first-order chi connectivity index (χ1) is 16.3. The molecule has 4 heterocycles. The van der Waals surface area contributed by atoms with Crippen molar-refractivity contribution in [3.8, 4) is 0 Å². The molecule has 2 amide bonds. The molecule has 0 aliphatic carbocycles. The summed E-state index contributed by atoms with van der Waals surface area (Å²) in [5, 5.41) is 17.4. The maximum atomic E-state index is 12.8. The van der Waals surface area contributed by atoms with Crippen molar-refractivity contribution in [1.82, 2.24) is 19.6 Å². The van der Waals surface area contributed by atoms with Crippen molar-refractivity contribution in [2.24, 2.45) is 5.16 Å². The molecule has 14 heteroatoms. The number of nitrogens with two attached hydrogens (primary N) is 1. The summed E-state index contributed by atoms with van der Waals surface area (Å²) >= 11 is 2.00. The van der Waals surface area contributed by atoms with E-state index < -0.39 is 22.8 Å².